The van der Waals surface area contributed by atoms with Gasteiger partial charge in [-0.25, -0.2) is 4.39 Å². The van der Waals surface area contributed by atoms with Crippen LogP contribution in [0.4, 0.5) is 4.39 Å². The lowest BCUT2D eigenvalue weighted by molar-refractivity contribution is -0.116. The largest absolute Gasteiger partial charge is 0.366 e. The summed E-state index contributed by atoms with van der Waals surface area (Å²) in [6, 6.07) is 0.986. The van der Waals surface area contributed by atoms with Gasteiger partial charge in [-0.1, -0.05) is 23.6 Å². The van der Waals surface area contributed by atoms with Gasteiger partial charge >= 0.3 is 0 Å². The van der Waals surface area contributed by atoms with E-state index in [9.17, 15) is 14.0 Å². The van der Waals surface area contributed by atoms with Crippen LogP contribution in [0.2, 0.25) is 5.02 Å². The molecule has 0 spiro atoms. The first-order chi connectivity index (χ1) is 12.8. The Labute approximate surface area is 161 Å². The molecule has 7 heteroatoms. The average Bonchev–Trinajstić information content (AvgIpc) is 2.90. The Morgan fingerprint density at radius 1 is 1.44 bits per heavy atom. The third-order valence-electron chi connectivity index (χ3n) is 4.67. The van der Waals surface area contributed by atoms with Crippen LogP contribution in [0.1, 0.15) is 47.8 Å². The highest BCUT2D eigenvalue weighted by molar-refractivity contribution is 6.37. The lowest BCUT2D eigenvalue weighted by Crippen LogP contribution is -2.35. The zero-order valence-electron chi connectivity index (χ0n) is 15.0. The first-order valence-corrected chi connectivity index (χ1v) is 8.94. The second-order valence-corrected chi connectivity index (χ2v) is 6.89. The summed E-state index contributed by atoms with van der Waals surface area (Å²) < 4.78 is 15.0. The van der Waals surface area contributed by atoms with Crippen molar-refractivity contribution in [1.29, 1.82) is 0 Å². The first-order valence-electron chi connectivity index (χ1n) is 8.56. The van der Waals surface area contributed by atoms with Crippen molar-refractivity contribution in [3.63, 3.8) is 0 Å². The van der Waals surface area contributed by atoms with Crippen LogP contribution >= 0.6 is 11.6 Å². The number of fused-ring (bicyclic) bond motifs is 1. The second kappa shape index (κ2) is 7.45. The van der Waals surface area contributed by atoms with E-state index in [2.05, 4.69) is 22.1 Å². The fourth-order valence-electron chi connectivity index (χ4n) is 3.51. The van der Waals surface area contributed by atoms with E-state index in [-0.39, 0.29) is 17.5 Å². The summed E-state index contributed by atoms with van der Waals surface area (Å²) in [5.74, 6) is 3.36. The molecule has 1 aliphatic carbocycles. The third kappa shape index (κ3) is 3.56. The highest BCUT2D eigenvalue weighted by atomic mass is 35.5. The van der Waals surface area contributed by atoms with Gasteiger partial charge in [0.15, 0.2) is 0 Å². The van der Waals surface area contributed by atoms with Gasteiger partial charge in [-0.2, -0.15) is 0 Å². The van der Waals surface area contributed by atoms with Gasteiger partial charge in [-0.15, -0.1) is 0 Å². The Morgan fingerprint density at radius 3 is 2.85 bits per heavy atom. The average molecular weight is 388 g/mol. The van der Waals surface area contributed by atoms with Crippen LogP contribution in [0, 0.1) is 24.6 Å². The molecule has 1 heterocycles. The molecule has 0 aliphatic heterocycles. The van der Waals surface area contributed by atoms with Crippen molar-refractivity contribution in [2.45, 2.75) is 39.2 Å². The topological polar surface area (TPSA) is 88.0 Å². The highest BCUT2D eigenvalue weighted by Gasteiger charge is 2.26. The van der Waals surface area contributed by atoms with Crippen LogP contribution in [-0.2, 0) is 4.79 Å². The summed E-state index contributed by atoms with van der Waals surface area (Å²) in [4.78, 5) is 26.5. The molecule has 140 valence electrons. The second-order valence-electron chi connectivity index (χ2n) is 6.52. The third-order valence-corrected chi connectivity index (χ3v) is 5.15. The van der Waals surface area contributed by atoms with Gasteiger partial charge in [0.05, 0.1) is 16.1 Å². The number of H-pyrrole nitrogens is 1. The molecule has 4 N–H and O–H groups in total. The maximum atomic E-state index is 15.0. The monoisotopic (exact) mass is 387 g/mol. The summed E-state index contributed by atoms with van der Waals surface area (Å²) in [6.07, 6.45) is 3.80. The fourth-order valence-corrected chi connectivity index (χ4v) is 3.75. The summed E-state index contributed by atoms with van der Waals surface area (Å²) >= 11 is 6.41. The van der Waals surface area contributed by atoms with Crippen molar-refractivity contribution >= 4 is 39.9 Å². The van der Waals surface area contributed by atoms with Crippen LogP contribution in [0.15, 0.2) is 12.1 Å². The molecular weight excluding hydrogens is 369 g/mol. The molecule has 0 fully saturated rings. The zero-order valence-corrected chi connectivity index (χ0v) is 15.8. The number of primary amides is 1. The molecule has 3 rings (SSSR count). The molecule has 1 aliphatic rings. The van der Waals surface area contributed by atoms with Crippen LogP contribution in [0.25, 0.3) is 16.5 Å². The fraction of sp³-hybridized carbons (Fsp3) is 0.300. The van der Waals surface area contributed by atoms with Gasteiger partial charge in [-0.05, 0) is 50.7 Å². The Kier molecular flexibility index (Phi) is 5.24. The van der Waals surface area contributed by atoms with Crippen molar-refractivity contribution in [2.24, 2.45) is 5.73 Å². The van der Waals surface area contributed by atoms with E-state index in [1.165, 1.54) is 0 Å². The lowest BCUT2D eigenvalue weighted by Gasteiger charge is -2.24. The molecule has 1 atom stereocenters. The van der Waals surface area contributed by atoms with Gasteiger partial charge in [-0.3, -0.25) is 9.59 Å². The summed E-state index contributed by atoms with van der Waals surface area (Å²) in [7, 11) is 0. The molecular formula is C20H19ClFN3O2. The molecule has 1 aromatic heterocycles. The molecule has 2 aromatic rings. The molecule has 27 heavy (non-hydrogen) atoms. The number of aromatic amines is 1. The number of benzene rings is 1. The van der Waals surface area contributed by atoms with E-state index in [0.717, 1.165) is 18.1 Å². The predicted octanol–water partition coefficient (Wildman–Crippen LogP) is 3.44. The minimum atomic E-state index is -0.732. The quantitative estimate of drug-likeness (QED) is 0.704. The number of halogens is 2. The van der Waals surface area contributed by atoms with Gasteiger partial charge < -0.3 is 16.0 Å². The van der Waals surface area contributed by atoms with Gasteiger partial charge in [0, 0.05) is 22.7 Å². The molecule has 2 amide bonds. The van der Waals surface area contributed by atoms with Crippen LogP contribution in [-0.4, -0.2) is 22.8 Å². The number of aryl methyl sites for hydroxylation is 1. The van der Waals surface area contributed by atoms with Gasteiger partial charge in [0.2, 0.25) is 0 Å². The molecule has 5 nitrogen and oxygen atoms in total. The van der Waals surface area contributed by atoms with E-state index >= 15 is 0 Å². The molecule has 1 aromatic carbocycles. The Morgan fingerprint density at radius 2 is 2.19 bits per heavy atom. The van der Waals surface area contributed by atoms with E-state index in [1.54, 1.807) is 13.8 Å². The minimum Gasteiger partial charge on any atom is -0.366 e. The van der Waals surface area contributed by atoms with E-state index in [0.29, 0.717) is 40.0 Å². The predicted molar refractivity (Wildman–Crippen MR) is 104 cm³/mol. The molecule has 0 radical (unpaired) electrons. The zero-order chi connectivity index (χ0) is 19.7. The maximum absolute atomic E-state index is 15.0. The minimum absolute atomic E-state index is 0.0562. The number of allylic oxidation sites excluding steroid dienone is 1. The number of carbonyl (C=O) groups excluding carboxylic acids is 2. The van der Waals surface area contributed by atoms with Crippen molar-refractivity contribution in [2.75, 3.05) is 0 Å². The molecule has 0 bridgehead atoms. The number of amides is 2. The SMILES string of the molecule is CC#CC(=O)N[C@@H]1CCC=C(c2c(F)cc(C(N)=O)c3[nH]c(C)c(Cl)c23)C1. The Balaban J connectivity index is 2.09. The molecule has 0 saturated carbocycles. The van der Waals surface area contributed by atoms with Crippen LogP contribution < -0.4 is 11.1 Å². The van der Waals surface area contributed by atoms with Crippen molar-refractivity contribution in [3.05, 3.63) is 39.8 Å². The first kappa shape index (κ1) is 19.0. The van der Waals surface area contributed by atoms with Gasteiger partial charge in [0.25, 0.3) is 11.8 Å². The van der Waals surface area contributed by atoms with E-state index in [4.69, 9.17) is 17.3 Å². The van der Waals surface area contributed by atoms with Crippen LogP contribution in [0.5, 0.6) is 0 Å². The normalized spacial score (nSPS) is 16.4. The Bertz CT molecular complexity index is 1040. The number of aromatic nitrogens is 1. The number of hydrogen-bond donors (Lipinski definition) is 3. The highest BCUT2D eigenvalue weighted by Crippen LogP contribution is 2.40. The lowest BCUT2D eigenvalue weighted by atomic mass is 9.87. The number of nitrogens with two attached hydrogens (primary N) is 1. The summed E-state index contributed by atoms with van der Waals surface area (Å²) in [5, 5.41) is 3.64. The number of rotatable bonds is 3. The van der Waals surface area contributed by atoms with Gasteiger partial charge in [0.1, 0.15) is 5.82 Å². The molecule has 0 saturated heterocycles. The number of nitrogens with one attached hydrogen (secondary N) is 2. The maximum Gasteiger partial charge on any atom is 0.296 e. The smallest absolute Gasteiger partial charge is 0.296 e. The number of hydrogen-bond acceptors (Lipinski definition) is 2. The van der Waals surface area contributed by atoms with Crippen molar-refractivity contribution < 1.29 is 14.0 Å². The molecule has 0 unspecified atom stereocenters. The Hall–Kier alpha value is -2.78. The summed E-state index contributed by atoms with van der Waals surface area (Å²) in [6.45, 7) is 3.34. The number of carbonyl (C=O) groups is 2. The van der Waals surface area contributed by atoms with Crippen molar-refractivity contribution in [3.8, 4) is 11.8 Å². The van der Waals surface area contributed by atoms with E-state index < -0.39 is 11.7 Å². The van der Waals surface area contributed by atoms with Crippen LogP contribution in [0.3, 0.4) is 0 Å². The summed E-state index contributed by atoms with van der Waals surface area (Å²) in [5.41, 5.74) is 7.57. The van der Waals surface area contributed by atoms with E-state index in [1.807, 2.05) is 6.08 Å². The van der Waals surface area contributed by atoms with Crippen molar-refractivity contribution in [1.82, 2.24) is 10.3 Å². The standard InChI is InChI=1S/C20H19ClFN3O2/c1-3-5-15(26)25-12-7-4-6-11(8-12)16-14(22)9-13(20(23)27)19-17(16)18(21)10(2)24-19/h6,9,12,24H,4,7-8H2,1-2H3,(H2,23,27)(H,25,26)/t12-/m1/s1.